The molecule has 0 aliphatic rings. The molecule has 0 aliphatic heterocycles. The minimum absolute atomic E-state index is 0.601. The SMILES string of the molecule is COc1cc2cc(-c3cccnc3)[nH]c2cc1Cl. The maximum Gasteiger partial charge on any atom is 0.138 e. The van der Waals surface area contributed by atoms with Crippen LogP contribution in [0.4, 0.5) is 0 Å². The maximum absolute atomic E-state index is 6.10. The highest BCUT2D eigenvalue weighted by Gasteiger charge is 2.07. The monoisotopic (exact) mass is 258 g/mol. The van der Waals surface area contributed by atoms with E-state index >= 15 is 0 Å². The van der Waals surface area contributed by atoms with E-state index in [2.05, 4.69) is 16.0 Å². The van der Waals surface area contributed by atoms with Gasteiger partial charge in [0.2, 0.25) is 0 Å². The van der Waals surface area contributed by atoms with E-state index < -0.39 is 0 Å². The van der Waals surface area contributed by atoms with Gasteiger partial charge in [0.15, 0.2) is 0 Å². The molecule has 1 N–H and O–H groups in total. The first kappa shape index (κ1) is 11.1. The summed E-state index contributed by atoms with van der Waals surface area (Å²) in [5, 5.41) is 1.67. The van der Waals surface area contributed by atoms with Crippen molar-refractivity contribution in [2.24, 2.45) is 0 Å². The van der Waals surface area contributed by atoms with Crippen molar-refractivity contribution < 1.29 is 4.74 Å². The number of fused-ring (bicyclic) bond motifs is 1. The summed E-state index contributed by atoms with van der Waals surface area (Å²) in [6.45, 7) is 0. The number of methoxy groups -OCH3 is 1. The Labute approximate surface area is 109 Å². The van der Waals surface area contributed by atoms with Crippen molar-refractivity contribution >= 4 is 22.5 Å². The van der Waals surface area contributed by atoms with Crippen LogP contribution in [0, 0.1) is 0 Å². The van der Waals surface area contributed by atoms with Crippen LogP contribution in [0.2, 0.25) is 5.02 Å². The molecular formula is C14H11ClN2O. The molecule has 0 bridgehead atoms. The van der Waals surface area contributed by atoms with Gasteiger partial charge in [-0.25, -0.2) is 0 Å². The lowest BCUT2D eigenvalue weighted by Gasteiger charge is -2.01. The molecule has 0 saturated carbocycles. The number of rotatable bonds is 2. The summed E-state index contributed by atoms with van der Waals surface area (Å²) in [6.07, 6.45) is 3.58. The summed E-state index contributed by atoms with van der Waals surface area (Å²) in [7, 11) is 1.61. The zero-order valence-electron chi connectivity index (χ0n) is 9.77. The molecule has 2 aromatic heterocycles. The maximum atomic E-state index is 6.10. The number of aromatic nitrogens is 2. The molecule has 0 atom stereocenters. The number of halogens is 1. The van der Waals surface area contributed by atoms with Crippen molar-refractivity contribution in [3.63, 3.8) is 0 Å². The molecule has 0 radical (unpaired) electrons. The first-order chi connectivity index (χ1) is 8.78. The lowest BCUT2D eigenvalue weighted by atomic mass is 10.2. The van der Waals surface area contributed by atoms with Crippen LogP contribution in [0.15, 0.2) is 42.7 Å². The average Bonchev–Trinajstić information content (AvgIpc) is 2.81. The van der Waals surface area contributed by atoms with Gasteiger partial charge in [-0.2, -0.15) is 0 Å². The molecule has 3 nitrogen and oxygen atoms in total. The Morgan fingerprint density at radius 1 is 1.28 bits per heavy atom. The van der Waals surface area contributed by atoms with Gasteiger partial charge in [0.05, 0.1) is 12.1 Å². The standard InChI is InChI=1S/C14H11ClN2O/c1-18-14-6-10-5-12(9-3-2-4-16-8-9)17-13(10)7-11(14)15/h2-8,17H,1H3. The van der Waals surface area contributed by atoms with Crippen LogP contribution in [0.5, 0.6) is 5.75 Å². The van der Waals surface area contributed by atoms with Gasteiger partial charge in [-0.15, -0.1) is 0 Å². The van der Waals surface area contributed by atoms with Crippen LogP contribution in [0.25, 0.3) is 22.2 Å². The quantitative estimate of drug-likeness (QED) is 0.757. The van der Waals surface area contributed by atoms with Crippen LogP contribution in [-0.4, -0.2) is 17.1 Å². The third-order valence-electron chi connectivity index (χ3n) is 2.87. The second-order valence-corrected chi connectivity index (χ2v) is 4.41. The molecule has 4 heteroatoms. The van der Waals surface area contributed by atoms with E-state index in [4.69, 9.17) is 16.3 Å². The average molecular weight is 259 g/mol. The van der Waals surface area contributed by atoms with Crippen molar-refractivity contribution in [3.05, 3.63) is 47.7 Å². The predicted octanol–water partition coefficient (Wildman–Crippen LogP) is 3.89. The number of hydrogen-bond acceptors (Lipinski definition) is 2. The smallest absolute Gasteiger partial charge is 0.138 e. The van der Waals surface area contributed by atoms with E-state index in [1.807, 2.05) is 30.5 Å². The zero-order valence-corrected chi connectivity index (χ0v) is 10.5. The van der Waals surface area contributed by atoms with Gasteiger partial charge < -0.3 is 9.72 Å². The Kier molecular flexibility index (Phi) is 2.68. The molecule has 0 saturated heterocycles. The predicted molar refractivity (Wildman–Crippen MR) is 73.1 cm³/mol. The van der Waals surface area contributed by atoms with Gasteiger partial charge in [0, 0.05) is 34.6 Å². The summed E-state index contributed by atoms with van der Waals surface area (Å²) in [6, 6.07) is 9.78. The van der Waals surface area contributed by atoms with E-state index in [0.717, 1.165) is 22.2 Å². The number of pyridine rings is 1. The molecule has 0 amide bonds. The molecule has 3 rings (SSSR count). The van der Waals surface area contributed by atoms with Crippen molar-refractivity contribution in [2.45, 2.75) is 0 Å². The summed E-state index contributed by atoms with van der Waals surface area (Å²) in [4.78, 5) is 7.44. The first-order valence-electron chi connectivity index (χ1n) is 5.54. The van der Waals surface area contributed by atoms with Crippen molar-refractivity contribution in [2.75, 3.05) is 7.11 Å². The van der Waals surface area contributed by atoms with Gasteiger partial charge in [0.25, 0.3) is 0 Å². The molecule has 3 aromatic rings. The molecule has 0 aliphatic carbocycles. The molecule has 1 aromatic carbocycles. The number of aromatic amines is 1. The highest BCUT2D eigenvalue weighted by molar-refractivity contribution is 6.32. The fourth-order valence-electron chi connectivity index (χ4n) is 1.97. The Bertz CT molecular complexity index is 692. The van der Waals surface area contributed by atoms with E-state index in [1.165, 1.54) is 0 Å². The summed E-state index contributed by atoms with van der Waals surface area (Å²) in [5.41, 5.74) is 3.05. The normalized spacial score (nSPS) is 10.8. The summed E-state index contributed by atoms with van der Waals surface area (Å²) < 4.78 is 5.21. The lowest BCUT2D eigenvalue weighted by Crippen LogP contribution is -1.83. The molecule has 0 spiro atoms. The molecule has 90 valence electrons. The third kappa shape index (κ3) is 1.83. The topological polar surface area (TPSA) is 37.9 Å². The fourth-order valence-corrected chi connectivity index (χ4v) is 2.21. The van der Waals surface area contributed by atoms with E-state index in [9.17, 15) is 0 Å². The van der Waals surface area contributed by atoms with Gasteiger partial charge >= 0.3 is 0 Å². The first-order valence-corrected chi connectivity index (χ1v) is 5.92. The Morgan fingerprint density at radius 3 is 2.89 bits per heavy atom. The minimum Gasteiger partial charge on any atom is -0.495 e. The number of hydrogen-bond donors (Lipinski definition) is 1. The Balaban J connectivity index is 2.17. The molecule has 0 unspecified atom stereocenters. The number of H-pyrrole nitrogens is 1. The van der Waals surface area contributed by atoms with Gasteiger partial charge in [-0.3, -0.25) is 4.98 Å². The van der Waals surface area contributed by atoms with Crippen LogP contribution in [0.1, 0.15) is 0 Å². The number of ether oxygens (including phenoxy) is 1. The molecule has 2 heterocycles. The Morgan fingerprint density at radius 2 is 2.17 bits per heavy atom. The summed E-state index contributed by atoms with van der Waals surface area (Å²) >= 11 is 6.10. The fraction of sp³-hybridized carbons (Fsp3) is 0.0714. The molecule has 18 heavy (non-hydrogen) atoms. The van der Waals surface area contributed by atoms with Crippen molar-refractivity contribution in [3.8, 4) is 17.0 Å². The number of nitrogens with zero attached hydrogens (tertiary/aromatic N) is 1. The van der Waals surface area contributed by atoms with Crippen LogP contribution in [0.3, 0.4) is 0 Å². The van der Waals surface area contributed by atoms with E-state index in [0.29, 0.717) is 10.8 Å². The largest absolute Gasteiger partial charge is 0.495 e. The highest BCUT2D eigenvalue weighted by Crippen LogP contribution is 2.32. The second-order valence-electron chi connectivity index (χ2n) is 4.00. The molecular weight excluding hydrogens is 248 g/mol. The molecule has 0 fully saturated rings. The van der Waals surface area contributed by atoms with E-state index in [1.54, 1.807) is 13.3 Å². The van der Waals surface area contributed by atoms with Gasteiger partial charge in [0.1, 0.15) is 5.75 Å². The van der Waals surface area contributed by atoms with Gasteiger partial charge in [-0.05, 0) is 30.3 Å². The van der Waals surface area contributed by atoms with Crippen LogP contribution in [-0.2, 0) is 0 Å². The second kappa shape index (κ2) is 4.35. The zero-order chi connectivity index (χ0) is 12.5. The van der Waals surface area contributed by atoms with Crippen molar-refractivity contribution in [1.82, 2.24) is 9.97 Å². The van der Waals surface area contributed by atoms with Gasteiger partial charge in [-0.1, -0.05) is 11.6 Å². The van der Waals surface area contributed by atoms with Crippen LogP contribution >= 0.6 is 11.6 Å². The number of benzene rings is 1. The lowest BCUT2D eigenvalue weighted by molar-refractivity contribution is 0.415. The Hall–Kier alpha value is -2.00. The minimum atomic E-state index is 0.601. The third-order valence-corrected chi connectivity index (χ3v) is 3.16. The summed E-state index contributed by atoms with van der Waals surface area (Å²) in [5.74, 6) is 0.681. The van der Waals surface area contributed by atoms with E-state index in [-0.39, 0.29) is 0 Å². The number of nitrogens with one attached hydrogen (secondary N) is 1. The van der Waals surface area contributed by atoms with Crippen molar-refractivity contribution in [1.29, 1.82) is 0 Å². The van der Waals surface area contributed by atoms with Crippen LogP contribution < -0.4 is 4.74 Å². The highest BCUT2D eigenvalue weighted by atomic mass is 35.5.